The number of fused-ring (bicyclic) bond motifs is 1. The number of nitrogens with one attached hydrogen (secondary N) is 1. The lowest BCUT2D eigenvalue weighted by Gasteiger charge is -2.32. The zero-order valence-corrected chi connectivity index (χ0v) is 16.9. The molecule has 1 aliphatic carbocycles. The molecular weight excluding hydrogens is 350 g/mol. The molecule has 1 atom stereocenters. The van der Waals surface area contributed by atoms with Gasteiger partial charge in [-0.05, 0) is 68.7 Å². The Morgan fingerprint density at radius 3 is 2.32 bits per heavy atom. The predicted molar refractivity (Wildman–Crippen MR) is 110 cm³/mol. The van der Waals surface area contributed by atoms with Crippen LogP contribution in [-0.2, 0) is 28.9 Å². The summed E-state index contributed by atoms with van der Waals surface area (Å²) in [6.07, 6.45) is 4.87. The maximum absolute atomic E-state index is 12.8. The smallest absolute Gasteiger partial charge is 0.311 e. The van der Waals surface area contributed by atoms with Gasteiger partial charge in [0.2, 0.25) is 5.91 Å². The van der Waals surface area contributed by atoms with Gasteiger partial charge < -0.3 is 10.4 Å². The molecule has 3 rings (SSSR count). The van der Waals surface area contributed by atoms with Crippen molar-refractivity contribution >= 4 is 11.9 Å². The van der Waals surface area contributed by atoms with E-state index in [9.17, 15) is 14.7 Å². The van der Waals surface area contributed by atoms with Gasteiger partial charge in [0.1, 0.15) is 0 Å². The first-order chi connectivity index (χ1) is 13.3. The van der Waals surface area contributed by atoms with Crippen LogP contribution in [0.1, 0.15) is 60.5 Å². The summed E-state index contributed by atoms with van der Waals surface area (Å²) < 4.78 is 0. The summed E-state index contributed by atoms with van der Waals surface area (Å²) in [6, 6.07) is 13.4. The van der Waals surface area contributed by atoms with E-state index in [1.54, 1.807) is 13.8 Å². The molecule has 2 N–H and O–H groups in total. The average Bonchev–Trinajstić information content (AvgIpc) is 2.66. The zero-order valence-electron chi connectivity index (χ0n) is 16.9. The maximum atomic E-state index is 12.8. The van der Waals surface area contributed by atoms with E-state index in [1.165, 1.54) is 24.0 Å². The van der Waals surface area contributed by atoms with Crippen molar-refractivity contribution in [1.29, 1.82) is 0 Å². The summed E-state index contributed by atoms with van der Waals surface area (Å²) in [5.41, 5.74) is 4.49. The second-order valence-electron chi connectivity index (χ2n) is 8.42. The molecular formula is C24H29NO3. The van der Waals surface area contributed by atoms with E-state index in [2.05, 4.69) is 17.4 Å². The first kappa shape index (κ1) is 20.1. The third-order valence-corrected chi connectivity index (χ3v) is 5.77. The Labute approximate surface area is 167 Å². The van der Waals surface area contributed by atoms with Crippen LogP contribution in [0.2, 0.25) is 0 Å². The number of carbonyl (C=O) groups excluding carboxylic acids is 1. The normalized spacial score (nSPS) is 14.8. The van der Waals surface area contributed by atoms with Gasteiger partial charge in [-0.25, -0.2) is 0 Å². The van der Waals surface area contributed by atoms with Crippen molar-refractivity contribution in [3.63, 3.8) is 0 Å². The Bertz CT molecular complexity index is 868. The lowest BCUT2D eigenvalue weighted by Crippen LogP contribution is -2.43. The second kappa shape index (κ2) is 8.17. The van der Waals surface area contributed by atoms with Crippen LogP contribution in [0.4, 0.5) is 0 Å². The molecule has 0 bridgehead atoms. The molecule has 0 fully saturated rings. The van der Waals surface area contributed by atoms with Crippen LogP contribution in [0.25, 0.3) is 0 Å². The molecule has 148 valence electrons. The molecule has 0 saturated carbocycles. The van der Waals surface area contributed by atoms with Crippen LogP contribution in [0.5, 0.6) is 0 Å². The minimum atomic E-state index is -1.12. The number of aliphatic carboxylic acids is 1. The van der Waals surface area contributed by atoms with Crippen molar-refractivity contribution < 1.29 is 14.7 Å². The lowest BCUT2D eigenvalue weighted by atomic mass is 9.80. The molecule has 2 aromatic carbocycles. The van der Waals surface area contributed by atoms with Crippen LogP contribution in [0.3, 0.4) is 0 Å². The van der Waals surface area contributed by atoms with Crippen LogP contribution in [-0.4, -0.2) is 17.0 Å². The van der Waals surface area contributed by atoms with Crippen molar-refractivity contribution in [3.8, 4) is 0 Å². The molecule has 2 aromatic rings. The Morgan fingerprint density at radius 2 is 1.68 bits per heavy atom. The molecule has 28 heavy (non-hydrogen) atoms. The number of rotatable bonds is 6. The van der Waals surface area contributed by atoms with Gasteiger partial charge in [-0.15, -0.1) is 0 Å². The van der Waals surface area contributed by atoms with Crippen molar-refractivity contribution in [1.82, 2.24) is 5.32 Å². The van der Waals surface area contributed by atoms with Crippen LogP contribution < -0.4 is 5.32 Å². The van der Waals surface area contributed by atoms with E-state index in [-0.39, 0.29) is 12.3 Å². The van der Waals surface area contributed by atoms with Gasteiger partial charge in [0.15, 0.2) is 0 Å². The molecule has 4 heteroatoms. The number of benzene rings is 2. The zero-order chi connectivity index (χ0) is 20.3. The second-order valence-corrected chi connectivity index (χ2v) is 8.42. The lowest BCUT2D eigenvalue weighted by molar-refractivity contribution is -0.149. The number of hydrogen-bond donors (Lipinski definition) is 2. The van der Waals surface area contributed by atoms with Gasteiger partial charge >= 0.3 is 5.97 Å². The molecule has 1 unspecified atom stereocenters. The first-order valence-electron chi connectivity index (χ1n) is 9.97. The summed E-state index contributed by atoms with van der Waals surface area (Å²) >= 11 is 0. The molecule has 0 aromatic heterocycles. The van der Waals surface area contributed by atoms with E-state index >= 15 is 0 Å². The molecule has 1 aliphatic rings. The maximum Gasteiger partial charge on any atom is 0.311 e. The van der Waals surface area contributed by atoms with Gasteiger partial charge in [-0.3, -0.25) is 9.59 Å². The minimum absolute atomic E-state index is 0.157. The molecule has 0 spiro atoms. The van der Waals surface area contributed by atoms with Gasteiger partial charge in [0.05, 0.1) is 17.9 Å². The third kappa shape index (κ3) is 4.44. The highest BCUT2D eigenvalue weighted by Gasteiger charge is 2.38. The quantitative estimate of drug-likeness (QED) is 0.782. The van der Waals surface area contributed by atoms with Gasteiger partial charge in [0, 0.05) is 0 Å². The number of carboxylic acids is 1. The third-order valence-electron chi connectivity index (χ3n) is 5.77. The van der Waals surface area contributed by atoms with Crippen LogP contribution in [0.15, 0.2) is 42.5 Å². The largest absolute Gasteiger partial charge is 0.481 e. The summed E-state index contributed by atoms with van der Waals surface area (Å²) in [5, 5.41) is 12.7. The highest BCUT2D eigenvalue weighted by molar-refractivity contribution is 5.81. The number of carboxylic acid groups (broad SMARTS) is 1. The highest BCUT2D eigenvalue weighted by atomic mass is 16.4. The van der Waals surface area contributed by atoms with Gasteiger partial charge in [0.25, 0.3) is 0 Å². The highest BCUT2D eigenvalue weighted by Crippen LogP contribution is 2.34. The Kier molecular flexibility index (Phi) is 5.87. The van der Waals surface area contributed by atoms with Crippen molar-refractivity contribution in [2.75, 3.05) is 0 Å². The molecule has 0 aliphatic heterocycles. The van der Waals surface area contributed by atoms with E-state index < -0.39 is 17.4 Å². The topological polar surface area (TPSA) is 66.4 Å². The molecule has 4 nitrogen and oxygen atoms in total. The fraction of sp³-hybridized carbons (Fsp3) is 0.417. The first-order valence-corrected chi connectivity index (χ1v) is 9.97. The van der Waals surface area contributed by atoms with E-state index in [0.717, 1.165) is 29.5 Å². The summed E-state index contributed by atoms with van der Waals surface area (Å²) in [4.78, 5) is 24.6. The van der Waals surface area contributed by atoms with Crippen LogP contribution in [0, 0.1) is 12.3 Å². The fourth-order valence-corrected chi connectivity index (χ4v) is 3.86. The Morgan fingerprint density at radius 1 is 1.04 bits per heavy atom. The molecule has 0 saturated heterocycles. The number of amides is 1. The van der Waals surface area contributed by atoms with E-state index in [4.69, 9.17) is 0 Å². The summed E-state index contributed by atoms with van der Waals surface area (Å²) in [5.74, 6) is -1.09. The van der Waals surface area contributed by atoms with Crippen molar-refractivity contribution in [2.24, 2.45) is 5.41 Å². The summed E-state index contributed by atoms with van der Waals surface area (Å²) in [6.45, 7) is 5.29. The van der Waals surface area contributed by atoms with E-state index in [1.807, 2.05) is 37.3 Å². The van der Waals surface area contributed by atoms with Gasteiger partial charge in [-0.1, -0.05) is 48.0 Å². The Hall–Kier alpha value is -2.62. The number of carbonyl (C=O) groups is 2. The fourth-order valence-electron chi connectivity index (χ4n) is 3.86. The SMILES string of the molecule is Cc1ccc(C(NC(=O)Cc2ccc3c(c2)CCCC3)C(C)(C)C(=O)O)cc1. The van der Waals surface area contributed by atoms with Crippen molar-refractivity contribution in [3.05, 3.63) is 70.3 Å². The predicted octanol–water partition coefficient (Wildman–Crippen LogP) is 4.38. The molecule has 1 amide bonds. The van der Waals surface area contributed by atoms with Gasteiger partial charge in [-0.2, -0.15) is 0 Å². The average molecular weight is 380 g/mol. The summed E-state index contributed by atoms with van der Waals surface area (Å²) in [7, 11) is 0. The Balaban J connectivity index is 1.79. The molecule has 0 heterocycles. The minimum Gasteiger partial charge on any atom is -0.481 e. The van der Waals surface area contributed by atoms with E-state index in [0.29, 0.717) is 0 Å². The molecule has 0 radical (unpaired) electrons. The number of aryl methyl sites for hydroxylation is 3. The standard InChI is InChI=1S/C24H29NO3/c1-16-8-11-19(12-9-16)22(24(2,3)23(27)28)25-21(26)15-17-10-13-18-6-4-5-7-20(18)14-17/h8-14,22H,4-7,15H2,1-3H3,(H,25,26)(H,27,28). The monoisotopic (exact) mass is 379 g/mol. The van der Waals surface area contributed by atoms with Crippen LogP contribution >= 0.6 is 0 Å². The number of hydrogen-bond acceptors (Lipinski definition) is 2. The van der Waals surface area contributed by atoms with Crippen molar-refractivity contribution in [2.45, 2.75) is 58.9 Å².